The van der Waals surface area contributed by atoms with Gasteiger partial charge in [0.05, 0.1) is 0 Å². The molecule has 0 aliphatic carbocycles. The highest BCUT2D eigenvalue weighted by Gasteiger charge is 2.45. The Hall–Kier alpha value is -1.98. The highest BCUT2D eigenvalue weighted by molar-refractivity contribution is 9.10. The number of amides is 1. The molecule has 0 spiro atoms. The van der Waals surface area contributed by atoms with E-state index in [2.05, 4.69) is 21.0 Å². The van der Waals surface area contributed by atoms with Gasteiger partial charge in [0.15, 0.2) is 5.72 Å². The van der Waals surface area contributed by atoms with Gasteiger partial charge >= 0.3 is 0 Å². The monoisotopic (exact) mass is 372 g/mol. The van der Waals surface area contributed by atoms with Crippen LogP contribution in [0.25, 0.3) is 0 Å². The summed E-state index contributed by atoms with van der Waals surface area (Å²) in [6, 6.07) is 16.2. The van der Waals surface area contributed by atoms with Gasteiger partial charge in [0, 0.05) is 27.7 Å². The van der Waals surface area contributed by atoms with Crippen LogP contribution in [0.15, 0.2) is 64.2 Å². The smallest absolute Gasteiger partial charge is 0.276 e. The number of aliphatic hydroxyl groups is 1. The lowest BCUT2D eigenvalue weighted by atomic mass is 9.96. The van der Waals surface area contributed by atoms with E-state index >= 15 is 0 Å². The van der Waals surface area contributed by atoms with E-state index in [0.717, 1.165) is 10.2 Å². The molecule has 0 saturated carbocycles. The summed E-state index contributed by atoms with van der Waals surface area (Å²) in [5, 5.41) is 16.8. The Balaban J connectivity index is 2.01. The third-order valence-electron chi connectivity index (χ3n) is 3.97. The van der Waals surface area contributed by atoms with Gasteiger partial charge in [0.25, 0.3) is 5.91 Å². The summed E-state index contributed by atoms with van der Waals surface area (Å²) in [6.45, 7) is 1.97. The van der Waals surface area contributed by atoms with E-state index in [-0.39, 0.29) is 5.91 Å². The Morgan fingerprint density at radius 3 is 2.48 bits per heavy atom. The van der Waals surface area contributed by atoms with Crippen LogP contribution in [0.1, 0.15) is 35.7 Å². The number of halogens is 1. The summed E-state index contributed by atoms with van der Waals surface area (Å²) in [4.78, 5) is 12.9. The van der Waals surface area contributed by atoms with E-state index in [0.29, 0.717) is 24.0 Å². The summed E-state index contributed by atoms with van der Waals surface area (Å²) < 4.78 is 0.895. The minimum atomic E-state index is -1.43. The number of benzene rings is 2. The first kappa shape index (κ1) is 15.9. The standard InChI is InChI=1S/C18H17BrN2O2/c1-2-16-12-18(23,14-6-4-3-5-7-14)21(20-16)17(22)13-8-10-15(19)11-9-13/h3-11,23H,2,12H2,1H3/t18-/m0/s1. The fraction of sp³-hybridized carbons (Fsp3) is 0.222. The van der Waals surface area contributed by atoms with Crippen LogP contribution in [-0.2, 0) is 5.72 Å². The van der Waals surface area contributed by atoms with E-state index in [1.54, 1.807) is 24.3 Å². The molecule has 0 unspecified atom stereocenters. The molecule has 2 aromatic rings. The fourth-order valence-electron chi connectivity index (χ4n) is 2.67. The minimum absolute atomic E-state index is 0.313. The number of carbonyl (C=O) groups excluding carboxylic acids is 1. The number of nitrogens with zero attached hydrogens (tertiary/aromatic N) is 2. The van der Waals surface area contributed by atoms with Gasteiger partial charge in [0.1, 0.15) is 0 Å². The molecule has 4 nitrogen and oxygen atoms in total. The Kier molecular flexibility index (Phi) is 4.33. The van der Waals surface area contributed by atoms with Crippen molar-refractivity contribution in [2.45, 2.75) is 25.5 Å². The summed E-state index contributed by atoms with van der Waals surface area (Å²) in [6.07, 6.45) is 1.02. The maximum Gasteiger partial charge on any atom is 0.276 e. The van der Waals surface area contributed by atoms with Crippen molar-refractivity contribution in [1.82, 2.24) is 5.01 Å². The number of hydrogen-bond donors (Lipinski definition) is 1. The molecule has 1 aliphatic rings. The van der Waals surface area contributed by atoms with E-state index in [1.807, 2.05) is 37.3 Å². The van der Waals surface area contributed by atoms with Gasteiger partial charge in [-0.3, -0.25) is 4.79 Å². The normalized spacial score (nSPS) is 20.5. The Morgan fingerprint density at radius 1 is 1.22 bits per heavy atom. The van der Waals surface area contributed by atoms with Gasteiger partial charge < -0.3 is 5.11 Å². The quantitative estimate of drug-likeness (QED) is 0.887. The van der Waals surface area contributed by atoms with Crippen molar-refractivity contribution in [3.63, 3.8) is 0 Å². The first-order chi connectivity index (χ1) is 11.0. The topological polar surface area (TPSA) is 52.9 Å². The zero-order valence-electron chi connectivity index (χ0n) is 12.7. The number of carbonyl (C=O) groups is 1. The molecule has 118 valence electrons. The third kappa shape index (κ3) is 2.94. The first-order valence-electron chi connectivity index (χ1n) is 7.49. The van der Waals surface area contributed by atoms with Crippen molar-refractivity contribution in [2.24, 2.45) is 5.10 Å². The van der Waals surface area contributed by atoms with Crippen molar-refractivity contribution in [3.05, 3.63) is 70.2 Å². The number of hydrazone groups is 1. The molecule has 1 amide bonds. The SMILES string of the molecule is CCC1=NN(C(=O)c2ccc(Br)cc2)[C@@](O)(c2ccccc2)C1. The second-order valence-electron chi connectivity index (χ2n) is 5.50. The van der Waals surface area contributed by atoms with Gasteiger partial charge in [0.2, 0.25) is 0 Å². The Bertz CT molecular complexity index is 743. The lowest BCUT2D eigenvalue weighted by molar-refractivity contribution is -0.0765. The van der Waals surface area contributed by atoms with Crippen LogP contribution in [0, 0.1) is 0 Å². The van der Waals surface area contributed by atoms with E-state index < -0.39 is 5.72 Å². The molecule has 1 N–H and O–H groups in total. The lowest BCUT2D eigenvalue weighted by Crippen LogP contribution is -2.43. The predicted molar refractivity (Wildman–Crippen MR) is 93.0 cm³/mol. The second kappa shape index (κ2) is 6.26. The van der Waals surface area contributed by atoms with Crippen LogP contribution in [0.2, 0.25) is 0 Å². The van der Waals surface area contributed by atoms with Crippen molar-refractivity contribution >= 4 is 27.5 Å². The molecule has 0 bridgehead atoms. The van der Waals surface area contributed by atoms with Crippen molar-refractivity contribution in [3.8, 4) is 0 Å². The average Bonchev–Trinajstić information content (AvgIpc) is 2.94. The van der Waals surface area contributed by atoms with Crippen molar-refractivity contribution in [1.29, 1.82) is 0 Å². The molecule has 0 fully saturated rings. The fourth-order valence-corrected chi connectivity index (χ4v) is 2.94. The largest absolute Gasteiger partial charge is 0.365 e. The summed E-state index contributed by atoms with van der Waals surface area (Å²) in [7, 11) is 0. The average molecular weight is 373 g/mol. The molecule has 0 radical (unpaired) electrons. The van der Waals surface area contributed by atoms with Crippen LogP contribution in [0.3, 0.4) is 0 Å². The van der Waals surface area contributed by atoms with Crippen LogP contribution >= 0.6 is 15.9 Å². The number of hydrogen-bond acceptors (Lipinski definition) is 3. The zero-order valence-corrected chi connectivity index (χ0v) is 14.3. The van der Waals surface area contributed by atoms with Gasteiger partial charge in [-0.15, -0.1) is 0 Å². The van der Waals surface area contributed by atoms with Gasteiger partial charge in [-0.1, -0.05) is 53.2 Å². The van der Waals surface area contributed by atoms with Gasteiger partial charge in [-0.2, -0.15) is 10.1 Å². The van der Waals surface area contributed by atoms with Crippen LogP contribution < -0.4 is 0 Å². The second-order valence-corrected chi connectivity index (χ2v) is 6.42. The van der Waals surface area contributed by atoms with E-state index in [1.165, 1.54) is 5.01 Å². The number of rotatable bonds is 3. The molecule has 5 heteroatoms. The predicted octanol–water partition coefficient (Wildman–Crippen LogP) is 3.91. The van der Waals surface area contributed by atoms with Crippen LogP contribution in [-0.4, -0.2) is 21.7 Å². The van der Waals surface area contributed by atoms with E-state index in [4.69, 9.17) is 0 Å². The zero-order chi connectivity index (χ0) is 16.4. The maximum atomic E-state index is 12.9. The summed E-state index contributed by atoms with van der Waals surface area (Å²) in [5.41, 5.74) is 0.527. The molecule has 0 aromatic heterocycles. The minimum Gasteiger partial charge on any atom is -0.365 e. The van der Waals surface area contributed by atoms with Crippen molar-refractivity contribution in [2.75, 3.05) is 0 Å². The van der Waals surface area contributed by atoms with Crippen molar-refractivity contribution < 1.29 is 9.90 Å². The highest BCUT2D eigenvalue weighted by atomic mass is 79.9. The van der Waals surface area contributed by atoms with Gasteiger partial charge in [-0.05, 0) is 30.7 Å². The Labute approximate surface area is 143 Å². The van der Waals surface area contributed by atoms with Crippen LogP contribution in [0.5, 0.6) is 0 Å². The molecular weight excluding hydrogens is 356 g/mol. The maximum absolute atomic E-state index is 12.9. The lowest BCUT2D eigenvalue weighted by Gasteiger charge is -2.31. The molecular formula is C18H17BrN2O2. The molecule has 23 heavy (non-hydrogen) atoms. The summed E-state index contributed by atoms with van der Waals surface area (Å²) >= 11 is 3.36. The molecule has 1 aliphatic heterocycles. The highest BCUT2D eigenvalue weighted by Crippen LogP contribution is 2.37. The Morgan fingerprint density at radius 2 is 1.87 bits per heavy atom. The molecule has 3 rings (SSSR count). The molecule has 0 saturated heterocycles. The van der Waals surface area contributed by atoms with Gasteiger partial charge in [-0.25, -0.2) is 0 Å². The first-order valence-corrected chi connectivity index (χ1v) is 8.28. The third-order valence-corrected chi connectivity index (χ3v) is 4.50. The van der Waals surface area contributed by atoms with E-state index in [9.17, 15) is 9.90 Å². The molecule has 1 heterocycles. The summed E-state index contributed by atoms with van der Waals surface area (Å²) in [5.74, 6) is -0.313. The van der Waals surface area contributed by atoms with Crippen LogP contribution in [0.4, 0.5) is 0 Å². The molecule has 2 aromatic carbocycles. The molecule has 1 atom stereocenters.